The van der Waals surface area contributed by atoms with Crippen LogP contribution in [0.2, 0.25) is 0 Å². The molecule has 1 heterocycles. The molecule has 1 aromatic rings. The van der Waals surface area contributed by atoms with E-state index in [0.29, 0.717) is 6.04 Å². The maximum Gasteiger partial charge on any atom is 0.126 e. The van der Waals surface area contributed by atoms with E-state index >= 15 is 0 Å². The third-order valence-corrected chi connectivity index (χ3v) is 4.01. The summed E-state index contributed by atoms with van der Waals surface area (Å²) in [6.07, 6.45) is 0. The number of aryl methyl sites for hydroxylation is 2. The number of hydrogen-bond donors (Lipinski definition) is 1. The minimum absolute atomic E-state index is 0.437. The molecule has 0 saturated carbocycles. The van der Waals surface area contributed by atoms with Crippen LogP contribution >= 0.6 is 11.8 Å². The molecule has 1 saturated heterocycles. The third-order valence-electron chi connectivity index (χ3n) is 2.95. The van der Waals surface area contributed by atoms with E-state index in [-0.39, 0.29) is 0 Å². The summed E-state index contributed by atoms with van der Waals surface area (Å²) in [6.45, 7) is 5.35. The number of ether oxygens (including phenoxy) is 1. The number of rotatable bonds is 2. The Morgan fingerprint density at radius 1 is 1.38 bits per heavy atom. The van der Waals surface area contributed by atoms with Gasteiger partial charge >= 0.3 is 0 Å². The Balaban J connectivity index is 2.36. The lowest BCUT2D eigenvalue weighted by atomic mass is 10.0. The summed E-state index contributed by atoms with van der Waals surface area (Å²) in [5, 5.41) is 3.56. The van der Waals surface area contributed by atoms with E-state index in [0.717, 1.165) is 18.0 Å². The highest BCUT2D eigenvalue weighted by Crippen LogP contribution is 2.33. The monoisotopic (exact) mass is 237 g/mol. The van der Waals surface area contributed by atoms with Crippen molar-refractivity contribution in [2.75, 3.05) is 25.2 Å². The molecule has 3 heteroatoms. The summed E-state index contributed by atoms with van der Waals surface area (Å²) in [6, 6.07) is 4.86. The fourth-order valence-electron chi connectivity index (χ4n) is 2.29. The molecule has 1 aliphatic heterocycles. The average molecular weight is 237 g/mol. The van der Waals surface area contributed by atoms with Gasteiger partial charge in [-0.3, -0.25) is 0 Å². The summed E-state index contributed by atoms with van der Waals surface area (Å²) in [5.41, 5.74) is 3.85. The Bertz CT molecular complexity index is 372. The van der Waals surface area contributed by atoms with Crippen LogP contribution in [-0.4, -0.2) is 25.2 Å². The number of nitrogens with one attached hydrogen (secondary N) is 1. The molecule has 0 radical (unpaired) electrons. The zero-order valence-electron chi connectivity index (χ0n) is 10.2. The molecule has 2 rings (SSSR count). The summed E-state index contributed by atoms with van der Waals surface area (Å²) in [5.74, 6) is 3.40. The van der Waals surface area contributed by atoms with Gasteiger partial charge in [-0.25, -0.2) is 0 Å². The first kappa shape index (κ1) is 11.8. The standard InChI is InChI=1S/C13H19NOS/c1-9-6-10(2)13(15-3)11(7-9)12-8-16-5-4-14-12/h6-7,12,14H,4-5,8H2,1-3H3. The van der Waals surface area contributed by atoms with Crippen LogP contribution in [0.4, 0.5) is 0 Å². The highest BCUT2D eigenvalue weighted by Gasteiger charge is 2.20. The Morgan fingerprint density at radius 3 is 2.81 bits per heavy atom. The number of thioether (sulfide) groups is 1. The average Bonchev–Trinajstić information content (AvgIpc) is 2.29. The summed E-state index contributed by atoms with van der Waals surface area (Å²) < 4.78 is 5.54. The second kappa shape index (κ2) is 5.11. The molecule has 1 aliphatic rings. The van der Waals surface area contributed by atoms with Gasteiger partial charge in [0.25, 0.3) is 0 Å². The first-order chi connectivity index (χ1) is 7.72. The Hall–Kier alpha value is -0.670. The second-order valence-electron chi connectivity index (χ2n) is 4.29. The fourth-order valence-corrected chi connectivity index (χ4v) is 3.25. The molecule has 0 aromatic heterocycles. The molecule has 0 amide bonds. The number of methoxy groups -OCH3 is 1. The van der Waals surface area contributed by atoms with Gasteiger partial charge in [-0.1, -0.05) is 17.7 Å². The van der Waals surface area contributed by atoms with E-state index < -0.39 is 0 Å². The van der Waals surface area contributed by atoms with Crippen LogP contribution in [0.25, 0.3) is 0 Å². The minimum atomic E-state index is 0.437. The van der Waals surface area contributed by atoms with Gasteiger partial charge in [0.05, 0.1) is 7.11 Å². The van der Waals surface area contributed by atoms with E-state index in [4.69, 9.17) is 4.74 Å². The molecule has 1 atom stereocenters. The molecule has 2 nitrogen and oxygen atoms in total. The van der Waals surface area contributed by atoms with Crippen molar-refractivity contribution in [3.05, 3.63) is 28.8 Å². The molecule has 1 fully saturated rings. The Morgan fingerprint density at radius 2 is 2.19 bits per heavy atom. The molecule has 0 spiro atoms. The van der Waals surface area contributed by atoms with Gasteiger partial charge in [-0.2, -0.15) is 11.8 Å². The SMILES string of the molecule is COc1c(C)cc(C)cc1C1CSCCN1. The van der Waals surface area contributed by atoms with Crippen molar-refractivity contribution in [3.8, 4) is 5.75 Å². The minimum Gasteiger partial charge on any atom is -0.496 e. The molecule has 16 heavy (non-hydrogen) atoms. The van der Waals surface area contributed by atoms with Gasteiger partial charge in [-0.05, 0) is 19.4 Å². The number of hydrogen-bond acceptors (Lipinski definition) is 3. The molecule has 1 unspecified atom stereocenters. The smallest absolute Gasteiger partial charge is 0.126 e. The van der Waals surface area contributed by atoms with Crippen molar-refractivity contribution in [1.29, 1.82) is 0 Å². The van der Waals surface area contributed by atoms with E-state index in [1.807, 2.05) is 11.8 Å². The highest BCUT2D eigenvalue weighted by molar-refractivity contribution is 7.99. The normalized spacial score (nSPS) is 20.8. The fraction of sp³-hybridized carbons (Fsp3) is 0.538. The van der Waals surface area contributed by atoms with Crippen molar-refractivity contribution in [2.24, 2.45) is 0 Å². The van der Waals surface area contributed by atoms with Gasteiger partial charge in [0.1, 0.15) is 5.75 Å². The van der Waals surface area contributed by atoms with Crippen molar-refractivity contribution in [3.63, 3.8) is 0 Å². The van der Waals surface area contributed by atoms with Crippen LogP contribution in [0.1, 0.15) is 22.7 Å². The maximum atomic E-state index is 5.54. The molecule has 1 N–H and O–H groups in total. The van der Waals surface area contributed by atoms with Crippen LogP contribution in [-0.2, 0) is 0 Å². The first-order valence-electron chi connectivity index (χ1n) is 5.68. The lowest BCUT2D eigenvalue weighted by Gasteiger charge is -2.26. The van der Waals surface area contributed by atoms with Gasteiger partial charge in [0.15, 0.2) is 0 Å². The van der Waals surface area contributed by atoms with Gasteiger partial charge in [-0.15, -0.1) is 0 Å². The van der Waals surface area contributed by atoms with E-state index in [9.17, 15) is 0 Å². The maximum absolute atomic E-state index is 5.54. The van der Waals surface area contributed by atoms with E-state index in [1.165, 1.54) is 22.4 Å². The quantitative estimate of drug-likeness (QED) is 0.854. The van der Waals surface area contributed by atoms with Crippen molar-refractivity contribution in [2.45, 2.75) is 19.9 Å². The zero-order valence-corrected chi connectivity index (χ0v) is 11.0. The molecule has 0 bridgehead atoms. The predicted molar refractivity (Wildman–Crippen MR) is 70.5 cm³/mol. The zero-order chi connectivity index (χ0) is 11.5. The lowest BCUT2D eigenvalue weighted by molar-refractivity contribution is 0.399. The largest absolute Gasteiger partial charge is 0.496 e. The summed E-state index contributed by atoms with van der Waals surface area (Å²) in [4.78, 5) is 0. The molecule has 88 valence electrons. The molecule has 0 aliphatic carbocycles. The highest BCUT2D eigenvalue weighted by atomic mass is 32.2. The summed E-state index contributed by atoms with van der Waals surface area (Å²) >= 11 is 2.01. The summed E-state index contributed by atoms with van der Waals surface area (Å²) in [7, 11) is 1.76. The molecular weight excluding hydrogens is 218 g/mol. The van der Waals surface area contributed by atoms with E-state index in [1.54, 1.807) is 7.11 Å². The van der Waals surface area contributed by atoms with Crippen LogP contribution < -0.4 is 10.1 Å². The van der Waals surface area contributed by atoms with Crippen molar-refractivity contribution in [1.82, 2.24) is 5.32 Å². The second-order valence-corrected chi connectivity index (χ2v) is 5.44. The van der Waals surface area contributed by atoms with Crippen LogP contribution in [0.15, 0.2) is 12.1 Å². The van der Waals surface area contributed by atoms with Crippen molar-refractivity contribution >= 4 is 11.8 Å². The Kier molecular flexibility index (Phi) is 3.77. The van der Waals surface area contributed by atoms with E-state index in [2.05, 4.69) is 31.3 Å². The topological polar surface area (TPSA) is 21.3 Å². The van der Waals surface area contributed by atoms with Gasteiger partial charge in [0, 0.05) is 29.7 Å². The van der Waals surface area contributed by atoms with Crippen LogP contribution in [0.5, 0.6) is 5.75 Å². The Labute approximate surface area is 102 Å². The van der Waals surface area contributed by atoms with Gasteiger partial charge < -0.3 is 10.1 Å². The molecule has 1 aromatic carbocycles. The van der Waals surface area contributed by atoms with Crippen LogP contribution in [0.3, 0.4) is 0 Å². The van der Waals surface area contributed by atoms with Gasteiger partial charge in [0.2, 0.25) is 0 Å². The number of benzene rings is 1. The van der Waals surface area contributed by atoms with Crippen LogP contribution in [0, 0.1) is 13.8 Å². The molecular formula is C13H19NOS. The predicted octanol–water partition coefficient (Wildman–Crippen LogP) is 2.69. The third kappa shape index (κ3) is 2.36. The van der Waals surface area contributed by atoms with Crippen molar-refractivity contribution < 1.29 is 4.74 Å². The first-order valence-corrected chi connectivity index (χ1v) is 6.84. The lowest BCUT2D eigenvalue weighted by Crippen LogP contribution is -2.30.